The molecule has 0 bridgehead atoms. The molecular weight excluding hydrogens is 428 g/mol. The van der Waals surface area contributed by atoms with Gasteiger partial charge in [-0.2, -0.15) is 4.31 Å². The van der Waals surface area contributed by atoms with Gasteiger partial charge in [0.2, 0.25) is 10.0 Å². The summed E-state index contributed by atoms with van der Waals surface area (Å²) in [6, 6.07) is 13.7. The molecule has 0 spiro atoms. The maximum absolute atomic E-state index is 12.7. The third-order valence-electron chi connectivity index (χ3n) is 5.77. The topological polar surface area (TPSA) is 96.5 Å². The van der Waals surface area contributed by atoms with E-state index in [4.69, 9.17) is 4.74 Å². The van der Waals surface area contributed by atoms with Gasteiger partial charge in [-0.1, -0.05) is 24.6 Å². The summed E-state index contributed by atoms with van der Waals surface area (Å²) in [5.41, 5.74) is 2.35. The van der Waals surface area contributed by atoms with Crippen molar-refractivity contribution in [2.45, 2.75) is 37.0 Å². The van der Waals surface area contributed by atoms with Crippen molar-refractivity contribution in [1.29, 1.82) is 0 Å². The maximum Gasteiger partial charge on any atom is 0.306 e. The van der Waals surface area contributed by atoms with Crippen LogP contribution in [0.2, 0.25) is 0 Å². The van der Waals surface area contributed by atoms with Crippen molar-refractivity contribution in [2.75, 3.05) is 19.7 Å². The van der Waals surface area contributed by atoms with Crippen LogP contribution in [0.15, 0.2) is 59.6 Å². The van der Waals surface area contributed by atoms with Gasteiger partial charge in [0.1, 0.15) is 0 Å². The van der Waals surface area contributed by atoms with Crippen LogP contribution in [0.3, 0.4) is 0 Å². The van der Waals surface area contributed by atoms with Crippen molar-refractivity contribution in [1.82, 2.24) is 9.29 Å². The molecule has 7 nitrogen and oxygen atoms in total. The normalized spacial score (nSPS) is 15.0. The number of carbonyl (C=O) groups is 2. The molecule has 4 rings (SSSR count). The van der Waals surface area contributed by atoms with Crippen LogP contribution in [-0.2, 0) is 26.0 Å². The number of nitrogens with zero attached hydrogens (tertiary/aromatic N) is 1. The first kappa shape index (κ1) is 22.2. The van der Waals surface area contributed by atoms with Gasteiger partial charge < -0.3 is 9.72 Å². The van der Waals surface area contributed by atoms with E-state index in [2.05, 4.69) is 4.98 Å². The van der Waals surface area contributed by atoms with Gasteiger partial charge in [0.15, 0.2) is 12.4 Å². The molecule has 1 fully saturated rings. The Bertz CT molecular complexity index is 1210. The van der Waals surface area contributed by atoms with E-state index < -0.39 is 16.0 Å². The van der Waals surface area contributed by atoms with E-state index in [1.165, 1.54) is 28.6 Å². The molecule has 1 N–H and O–H groups in total. The predicted molar refractivity (Wildman–Crippen MR) is 121 cm³/mol. The summed E-state index contributed by atoms with van der Waals surface area (Å²) < 4.78 is 32.0. The molecule has 1 saturated heterocycles. The van der Waals surface area contributed by atoms with Crippen LogP contribution in [0.25, 0.3) is 10.9 Å². The number of fused-ring (bicyclic) bond motifs is 1. The first-order valence-corrected chi connectivity index (χ1v) is 12.2. The second-order valence-electron chi connectivity index (χ2n) is 7.93. The SMILES string of the molecule is O=C(CCc1c[nH]c2ccccc12)OCC(=O)c1ccc(S(=O)(=O)N2CCCCC2)cc1. The van der Waals surface area contributed by atoms with Crippen LogP contribution < -0.4 is 0 Å². The van der Waals surface area contributed by atoms with Crippen LogP contribution in [0.5, 0.6) is 0 Å². The average molecular weight is 455 g/mol. The van der Waals surface area contributed by atoms with Crippen molar-refractivity contribution >= 4 is 32.7 Å². The lowest BCUT2D eigenvalue weighted by molar-refractivity contribution is -0.142. The summed E-state index contributed by atoms with van der Waals surface area (Å²) in [7, 11) is -3.54. The number of aryl methyl sites for hydroxylation is 1. The molecule has 1 aromatic heterocycles. The summed E-state index contributed by atoms with van der Waals surface area (Å²) in [6.07, 6.45) is 5.33. The number of para-hydroxylation sites is 1. The Morgan fingerprint density at radius 3 is 2.44 bits per heavy atom. The summed E-state index contributed by atoms with van der Waals surface area (Å²) in [5.74, 6) is -0.819. The van der Waals surface area contributed by atoms with Crippen molar-refractivity contribution in [2.24, 2.45) is 0 Å². The Hall–Kier alpha value is -2.97. The Kier molecular flexibility index (Phi) is 6.72. The molecule has 0 aliphatic carbocycles. The molecule has 0 atom stereocenters. The van der Waals surface area contributed by atoms with Crippen molar-refractivity contribution in [3.8, 4) is 0 Å². The minimum absolute atomic E-state index is 0.169. The lowest BCUT2D eigenvalue weighted by Gasteiger charge is -2.25. The molecule has 0 unspecified atom stereocenters. The van der Waals surface area contributed by atoms with Gasteiger partial charge in [-0.3, -0.25) is 9.59 Å². The van der Waals surface area contributed by atoms with E-state index in [0.717, 1.165) is 35.7 Å². The molecule has 32 heavy (non-hydrogen) atoms. The number of hydrogen-bond acceptors (Lipinski definition) is 5. The minimum Gasteiger partial charge on any atom is -0.457 e. The number of sulfonamides is 1. The summed E-state index contributed by atoms with van der Waals surface area (Å²) in [4.78, 5) is 27.8. The summed E-state index contributed by atoms with van der Waals surface area (Å²) in [5, 5.41) is 1.07. The molecule has 168 valence electrons. The zero-order chi connectivity index (χ0) is 22.6. The van der Waals surface area contributed by atoms with E-state index in [1.54, 1.807) is 0 Å². The number of benzene rings is 2. The largest absolute Gasteiger partial charge is 0.457 e. The lowest BCUT2D eigenvalue weighted by atomic mass is 10.1. The van der Waals surface area contributed by atoms with E-state index in [9.17, 15) is 18.0 Å². The second kappa shape index (κ2) is 9.67. The minimum atomic E-state index is -3.54. The Morgan fingerprint density at radius 2 is 1.69 bits per heavy atom. The van der Waals surface area contributed by atoms with Gasteiger partial charge >= 0.3 is 5.97 Å². The molecule has 8 heteroatoms. The molecule has 1 aliphatic rings. The second-order valence-corrected chi connectivity index (χ2v) is 9.87. The van der Waals surface area contributed by atoms with Gasteiger partial charge in [0.05, 0.1) is 4.90 Å². The summed E-state index contributed by atoms with van der Waals surface area (Å²) >= 11 is 0. The fourth-order valence-corrected chi connectivity index (χ4v) is 5.46. The molecule has 0 radical (unpaired) electrons. The number of ether oxygens (including phenoxy) is 1. The third kappa shape index (κ3) is 4.92. The standard InChI is InChI=1S/C24H26N2O5S/c27-23(17-31-24(28)13-10-19-16-25-22-7-3-2-6-21(19)22)18-8-11-20(12-9-18)32(29,30)26-14-4-1-5-15-26/h2-3,6-9,11-12,16,25H,1,4-5,10,13-15,17H2. The zero-order valence-corrected chi connectivity index (χ0v) is 18.6. The van der Waals surface area contributed by atoms with Gasteiger partial charge in [-0.15, -0.1) is 0 Å². The fraction of sp³-hybridized carbons (Fsp3) is 0.333. The number of H-pyrrole nitrogens is 1. The molecule has 0 saturated carbocycles. The lowest BCUT2D eigenvalue weighted by Crippen LogP contribution is -2.35. The molecule has 0 amide bonds. The average Bonchev–Trinajstić information content (AvgIpc) is 3.25. The number of piperidine rings is 1. The Morgan fingerprint density at radius 1 is 0.969 bits per heavy atom. The molecule has 1 aliphatic heterocycles. The van der Waals surface area contributed by atoms with Crippen LogP contribution in [-0.4, -0.2) is 49.2 Å². The molecular formula is C24H26N2O5S. The number of esters is 1. The number of ketones is 1. The highest BCUT2D eigenvalue weighted by atomic mass is 32.2. The number of aromatic nitrogens is 1. The first-order chi connectivity index (χ1) is 15.4. The predicted octanol–water partition coefficient (Wildman–Crippen LogP) is 3.70. The Balaban J connectivity index is 1.29. The zero-order valence-electron chi connectivity index (χ0n) is 17.7. The number of nitrogens with one attached hydrogen (secondary N) is 1. The quantitative estimate of drug-likeness (QED) is 0.414. The van der Waals surface area contributed by atoms with Gasteiger partial charge in [0.25, 0.3) is 0 Å². The number of aromatic amines is 1. The fourth-order valence-electron chi connectivity index (χ4n) is 3.94. The van der Waals surface area contributed by atoms with Crippen molar-refractivity contribution in [3.63, 3.8) is 0 Å². The maximum atomic E-state index is 12.7. The van der Waals surface area contributed by atoms with Crippen LogP contribution in [0, 0.1) is 0 Å². The molecule has 3 aromatic rings. The highest BCUT2D eigenvalue weighted by Crippen LogP contribution is 2.21. The highest BCUT2D eigenvalue weighted by Gasteiger charge is 2.26. The van der Waals surface area contributed by atoms with E-state index in [-0.39, 0.29) is 23.7 Å². The number of Topliss-reactive ketones (excluding diaryl/α,β-unsaturated/α-hetero) is 1. The molecule has 2 heterocycles. The smallest absolute Gasteiger partial charge is 0.306 e. The summed E-state index contributed by atoms with van der Waals surface area (Å²) in [6.45, 7) is 0.681. The number of rotatable bonds is 8. The highest BCUT2D eigenvalue weighted by molar-refractivity contribution is 7.89. The van der Waals surface area contributed by atoms with E-state index in [1.807, 2.05) is 30.5 Å². The number of carbonyl (C=O) groups excluding carboxylic acids is 2. The Labute approximate surface area is 187 Å². The van der Waals surface area contributed by atoms with E-state index >= 15 is 0 Å². The third-order valence-corrected chi connectivity index (χ3v) is 7.68. The van der Waals surface area contributed by atoms with E-state index in [0.29, 0.717) is 25.1 Å². The van der Waals surface area contributed by atoms with Crippen LogP contribution in [0.4, 0.5) is 0 Å². The first-order valence-electron chi connectivity index (χ1n) is 10.8. The van der Waals surface area contributed by atoms with Gasteiger partial charge in [0, 0.05) is 42.2 Å². The van der Waals surface area contributed by atoms with Crippen LogP contribution in [0.1, 0.15) is 41.6 Å². The van der Waals surface area contributed by atoms with Crippen molar-refractivity contribution in [3.05, 3.63) is 65.9 Å². The van der Waals surface area contributed by atoms with Gasteiger partial charge in [-0.05, 0) is 55.2 Å². The monoisotopic (exact) mass is 454 g/mol. The molecule has 2 aromatic carbocycles. The number of hydrogen-bond donors (Lipinski definition) is 1. The van der Waals surface area contributed by atoms with Crippen molar-refractivity contribution < 1.29 is 22.7 Å². The van der Waals surface area contributed by atoms with Gasteiger partial charge in [-0.25, -0.2) is 8.42 Å². The van der Waals surface area contributed by atoms with Crippen LogP contribution >= 0.6 is 0 Å².